The van der Waals surface area contributed by atoms with Crippen molar-refractivity contribution in [3.05, 3.63) is 47.5 Å². The Balaban J connectivity index is 0.00000127. The summed E-state index contributed by atoms with van der Waals surface area (Å²) in [7, 11) is 3.00. The van der Waals surface area contributed by atoms with Crippen LogP contribution in [0, 0.1) is 11.3 Å². The maximum absolute atomic E-state index is 9.30. The molecule has 2 aromatic rings. The number of amidine groups is 1. The standard InChI is InChI=1S/C8H10N2O3.C8H7NO2.H2O39/c1-13-5-2-3-7(11)6(4-5)8(9)10-12;1-11-7-2-3-8(10)6(4-7)5-9;1-3-5-7-9-11-13-15-17-19-21-23-25-27-29-31-33-35-37-39-38-36-34-32-30-28-26-24-22-20-18-16-14-12-10-8-6-4-2/h2-4,11-12H,1H3,(H2,9,10);2-4,10H,1H3;1-2H. The molecule has 0 radical (unpaired) electrons. The second-order valence-electron chi connectivity index (χ2n) is 6.89. The largest absolute Gasteiger partial charge is 0.507 e. The molecule has 0 spiro atoms. The third-order valence-electron chi connectivity index (χ3n) is 3.92. The first kappa shape index (κ1) is 57.8. The molecule has 0 aromatic heterocycles. The topological polar surface area (TPSA) is 523 Å². The molecule has 2 aromatic carbocycles. The number of hydrogen-bond acceptors (Lipinski definition) is 46. The maximum atomic E-state index is 9.30. The lowest BCUT2D eigenvalue weighted by molar-refractivity contribution is -0.908. The second-order valence-corrected chi connectivity index (χ2v) is 6.89. The molecule has 2 rings (SSSR count). The first-order chi connectivity index (χ1) is 30.9. The number of nitrogens with zero attached hydrogens (tertiary/aromatic N) is 2. The molecule has 7 N–H and O–H groups in total. The molecule has 0 saturated carbocycles. The summed E-state index contributed by atoms with van der Waals surface area (Å²) in [6, 6.07) is 10.8. The van der Waals surface area contributed by atoms with Gasteiger partial charge in [-0.15, -0.1) is 0 Å². The molecule has 0 bridgehead atoms. The Labute approximate surface area is 335 Å². The van der Waals surface area contributed by atoms with Crippen LogP contribution in [0.5, 0.6) is 23.0 Å². The number of methoxy groups -OCH3 is 2. The number of nitriles is 1. The number of nitrogens with two attached hydrogens (primary N) is 1. The van der Waals surface area contributed by atoms with Crippen LogP contribution in [0.3, 0.4) is 0 Å². The van der Waals surface area contributed by atoms with Crippen molar-refractivity contribution in [1.82, 2.24) is 0 Å². The lowest BCUT2D eigenvalue weighted by atomic mass is 10.2. The Kier molecular flexibility index (Phi) is 41.2. The molecule has 0 aliphatic carbocycles. The van der Waals surface area contributed by atoms with Crippen LogP contribution >= 0.6 is 0 Å². The molecule has 0 saturated heterocycles. The average Bonchev–Trinajstić information content (AvgIpc) is 3.30. The number of hydrogen-bond donors (Lipinski definition) is 6. The highest BCUT2D eigenvalue weighted by Gasteiger charge is 2.08. The van der Waals surface area contributed by atoms with Crippen molar-refractivity contribution in [2.45, 2.75) is 0 Å². The molecular weight excluding hydrogens is 938 g/mol. The van der Waals surface area contributed by atoms with Crippen molar-refractivity contribution in [1.29, 1.82) is 5.26 Å². The molecule has 0 heterocycles. The number of ether oxygens (including phenoxy) is 2. The fourth-order valence-corrected chi connectivity index (χ4v) is 2.03. The van der Waals surface area contributed by atoms with E-state index in [1.165, 1.54) is 38.5 Å². The first-order valence-corrected chi connectivity index (χ1v) is 12.9. The van der Waals surface area contributed by atoms with Gasteiger partial charge in [-0.05, 0) is 111 Å². The molecular formula is C16H19N3O44. The van der Waals surface area contributed by atoms with Crippen molar-refractivity contribution in [3.63, 3.8) is 0 Å². The smallest absolute Gasteiger partial charge is 0.173 e. The highest BCUT2D eigenvalue weighted by Crippen LogP contribution is 2.22. The van der Waals surface area contributed by atoms with Gasteiger partial charge in [0.2, 0.25) is 0 Å². The molecule has 0 aliphatic heterocycles. The minimum absolute atomic E-state index is 0.0201. The van der Waals surface area contributed by atoms with Gasteiger partial charge in [0.25, 0.3) is 0 Å². The van der Waals surface area contributed by atoms with Crippen LogP contribution in [-0.4, -0.2) is 46.0 Å². The van der Waals surface area contributed by atoms with Crippen LogP contribution in [-0.2, 0) is 186 Å². The quantitative estimate of drug-likeness (QED) is 0.0120. The zero-order valence-corrected chi connectivity index (χ0v) is 29.1. The molecule has 47 heteroatoms. The van der Waals surface area contributed by atoms with E-state index in [1.807, 2.05) is 6.07 Å². The zero-order chi connectivity index (χ0) is 46.3. The number of phenolic OH excluding ortho intramolecular Hbond substituents is 2. The summed E-state index contributed by atoms with van der Waals surface area (Å²) in [6.45, 7) is 0. The van der Waals surface area contributed by atoms with E-state index in [2.05, 4.69) is 192 Å². The first-order valence-electron chi connectivity index (χ1n) is 12.9. The zero-order valence-electron chi connectivity index (χ0n) is 29.1. The normalized spacial score (nSPS) is 11.0. The van der Waals surface area contributed by atoms with Gasteiger partial charge >= 0.3 is 0 Å². The van der Waals surface area contributed by atoms with Crippen molar-refractivity contribution in [2.24, 2.45) is 10.9 Å². The van der Waals surface area contributed by atoms with Gasteiger partial charge in [-0.25, -0.2) is 10.5 Å². The highest BCUT2D eigenvalue weighted by atomic mass is 18.0. The summed E-state index contributed by atoms with van der Waals surface area (Å²) in [5.74, 6) is 0.861. The Morgan fingerprint density at radius 3 is 0.937 bits per heavy atom. The molecule has 0 aliphatic rings. The molecule has 47 nitrogen and oxygen atoms in total. The summed E-state index contributed by atoms with van der Waals surface area (Å²) in [5.41, 5.74) is 5.77. The molecule has 0 fully saturated rings. The van der Waals surface area contributed by atoms with Gasteiger partial charge in [-0.3, -0.25) is 0 Å². The monoisotopic (exact) mass is 957 g/mol. The van der Waals surface area contributed by atoms with E-state index in [-0.39, 0.29) is 28.5 Å². The second kappa shape index (κ2) is 44.9. The summed E-state index contributed by atoms with van der Waals surface area (Å²) in [6.07, 6.45) is 0. The van der Waals surface area contributed by atoms with Gasteiger partial charge in [0.05, 0.1) is 25.3 Å². The summed E-state index contributed by atoms with van der Waals surface area (Å²) < 4.78 is 9.75. The third kappa shape index (κ3) is 36.1. The van der Waals surface area contributed by atoms with Crippen LogP contribution in [0.4, 0.5) is 0 Å². The van der Waals surface area contributed by atoms with Crippen molar-refractivity contribution in [3.8, 4) is 29.1 Å². The van der Waals surface area contributed by atoms with Gasteiger partial charge in [0.15, 0.2) is 5.84 Å². The van der Waals surface area contributed by atoms with Gasteiger partial charge in [-0.2, -0.15) is 5.26 Å². The summed E-state index contributed by atoms with van der Waals surface area (Å²) >= 11 is 0. The highest BCUT2D eigenvalue weighted by molar-refractivity contribution is 5.99. The SMILES string of the molecule is COc1ccc(O)c(/C(N)=N/O)c1.COc1ccc(O)c(C#N)c1.OOOOOOOOOOOOOOOOOOOOOOOOOOOOOOOOOOOOOOO. The van der Waals surface area contributed by atoms with Crippen LogP contribution in [0.15, 0.2) is 41.6 Å². The number of benzene rings is 2. The molecule has 0 unspecified atom stereocenters. The van der Waals surface area contributed by atoms with Gasteiger partial charge in [-0.1, -0.05) is 5.16 Å². The Morgan fingerprint density at radius 1 is 0.444 bits per heavy atom. The van der Waals surface area contributed by atoms with E-state index in [9.17, 15) is 5.11 Å². The lowest BCUT2D eigenvalue weighted by Crippen LogP contribution is -2.13. The summed E-state index contributed by atoms with van der Waals surface area (Å²) in [5, 5.41) is 179. The number of rotatable bonds is 39. The predicted octanol–water partition coefficient (Wildman–Crippen LogP) is -0.746. The number of aromatic hydroxyl groups is 2. The minimum atomic E-state index is -0.156. The lowest BCUT2D eigenvalue weighted by Gasteiger charge is -2.04. The average molecular weight is 957 g/mol. The van der Waals surface area contributed by atoms with E-state index in [0.717, 1.165) is 0 Å². The van der Waals surface area contributed by atoms with Crippen molar-refractivity contribution >= 4 is 5.84 Å². The molecule has 362 valence electrons. The molecule has 63 heavy (non-hydrogen) atoms. The van der Waals surface area contributed by atoms with E-state index >= 15 is 0 Å². The van der Waals surface area contributed by atoms with Crippen molar-refractivity contribution < 1.29 is 222 Å². The minimum Gasteiger partial charge on any atom is -0.507 e. The van der Waals surface area contributed by atoms with E-state index in [0.29, 0.717) is 11.5 Å². The Hall–Kier alpha value is -5.16. The van der Waals surface area contributed by atoms with Gasteiger partial charge in [0.1, 0.15) is 29.1 Å². The van der Waals surface area contributed by atoms with Gasteiger partial charge < -0.3 is 30.6 Å². The number of oxime groups is 1. The van der Waals surface area contributed by atoms with E-state index < -0.39 is 0 Å². The van der Waals surface area contributed by atoms with E-state index in [4.69, 9.17) is 41.3 Å². The number of phenols is 2. The molecule has 0 amide bonds. The van der Waals surface area contributed by atoms with Crippen LogP contribution in [0.1, 0.15) is 11.1 Å². The Morgan fingerprint density at radius 2 is 0.698 bits per heavy atom. The van der Waals surface area contributed by atoms with Crippen molar-refractivity contribution in [2.75, 3.05) is 14.2 Å². The third-order valence-corrected chi connectivity index (χ3v) is 3.92. The predicted molar refractivity (Wildman–Crippen MR) is 132 cm³/mol. The van der Waals surface area contributed by atoms with E-state index in [1.54, 1.807) is 12.1 Å². The van der Waals surface area contributed by atoms with Crippen LogP contribution in [0.25, 0.3) is 0 Å². The van der Waals surface area contributed by atoms with Crippen LogP contribution in [0.2, 0.25) is 0 Å². The summed E-state index contributed by atoms with van der Waals surface area (Å²) in [4.78, 5) is 0. The van der Waals surface area contributed by atoms with Gasteiger partial charge in [0, 0.05) is 112 Å². The fraction of sp³-hybridized carbons (Fsp3) is 0.125. The molecule has 0 atom stereocenters. The maximum Gasteiger partial charge on any atom is 0.173 e. The fourth-order valence-electron chi connectivity index (χ4n) is 2.03. The van der Waals surface area contributed by atoms with Crippen LogP contribution < -0.4 is 15.2 Å². The Bertz CT molecular complexity index is 1350.